The first-order valence-electron chi connectivity index (χ1n) is 7.06. The summed E-state index contributed by atoms with van der Waals surface area (Å²) in [5.74, 6) is 1.62. The lowest BCUT2D eigenvalue weighted by Gasteiger charge is -2.27. The van der Waals surface area contributed by atoms with Crippen LogP contribution in [0.25, 0.3) is 0 Å². The van der Waals surface area contributed by atoms with E-state index in [-0.39, 0.29) is 6.04 Å². The van der Waals surface area contributed by atoms with Gasteiger partial charge in [0.15, 0.2) is 0 Å². The van der Waals surface area contributed by atoms with Gasteiger partial charge in [-0.1, -0.05) is 32.1 Å². The molecular weight excluding hydrogens is 226 g/mol. The van der Waals surface area contributed by atoms with Crippen LogP contribution in [0.4, 0.5) is 0 Å². The van der Waals surface area contributed by atoms with Crippen LogP contribution < -0.4 is 5.73 Å². The van der Waals surface area contributed by atoms with Crippen LogP contribution in [0, 0.1) is 5.92 Å². The summed E-state index contributed by atoms with van der Waals surface area (Å²) in [6.45, 7) is 0. The molecule has 1 aromatic rings. The topological polar surface area (TPSA) is 64.1 Å². The number of aryl methyl sites for hydroxylation is 1. The highest BCUT2D eigenvalue weighted by Crippen LogP contribution is 2.27. The zero-order chi connectivity index (χ0) is 13.0. The molecule has 0 amide bonds. The number of hydrogen-bond donors (Lipinski definition) is 2. The van der Waals surface area contributed by atoms with Gasteiger partial charge in [-0.2, -0.15) is 0 Å². The Kier molecular flexibility index (Phi) is 4.78. The Morgan fingerprint density at radius 3 is 2.78 bits per heavy atom. The first kappa shape index (κ1) is 13.6. The third-order valence-corrected chi connectivity index (χ3v) is 4.14. The number of aromatic nitrogens is 2. The van der Waals surface area contributed by atoms with Gasteiger partial charge in [-0.25, -0.2) is 4.98 Å². The van der Waals surface area contributed by atoms with Gasteiger partial charge in [0.25, 0.3) is 0 Å². The van der Waals surface area contributed by atoms with E-state index >= 15 is 0 Å². The van der Waals surface area contributed by atoms with E-state index in [2.05, 4.69) is 4.98 Å². The third kappa shape index (κ3) is 3.56. The van der Waals surface area contributed by atoms with Crippen molar-refractivity contribution < 1.29 is 5.11 Å². The number of hydrogen-bond acceptors (Lipinski definition) is 3. The minimum Gasteiger partial charge on any atom is -0.391 e. The minimum absolute atomic E-state index is 0.121. The van der Waals surface area contributed by atoms with Crippen LogP contribution in [0.2, 0.25) is 0 Å². The van der Waals surface area contributed by atoms with Gasteiger partial charge in [0.2, 0.25) is 0 Å². The van der Waals surface area contributed by atoms with Crippen LogP contribution >= 0.6 is 0 Å². The highest BCUT2D eigenvalue weighted by Gasteiger charge is 2.22. The molecule has 0 aliphatic heterocycles. The minimum atomic E-state index is -0.479. The van der Waals surface area contributed by atoms with Crippen molar-refractivity contribution >= 4 is 0 Å². The first-order valence-corrected chi connectivity index (χ1v) is 7.06. The molecule has 0 unspecified atom stereocenters. The Labute approximate surface area is 109 Å². The fraction of sp³-hybridized carbons (Fsp3) is 0.786. The van der Waals surface area contributed by atoms with E-state index in [9.17, 15) is 5.11 Å². The monoisotopic (exact) mass is 251 g/mol. The van der Waals surface area contributed by atoms with Gasteiger partial charge in [0.05, 0.1) is 6.10 Å². The second-order valence-electron chi connectivity index (χ2n) is 5.63. The first-order chi connectivity index (χ1) is 8.66. The van der Waals surface area contributed by atoms with E-state index in [4.69, 9.17) is 5.73 Å². The van der Waals surface area contributed by atoms with Gasteiger partial charge in [-0.05, 0) is 12.3 Å². The Balaban J connectivity index is 1.80. The molecule has 1 saturated carbocycles. The SMILES string of the molecule is Cn1ccnc1C[C@@H](O)[C@@H](N)CC1CCCCC1. The van der Waals surface area contributed by atoms with Gasteiger partial charge in [0.1, 0.15) is 5.82 Å². The molecule has 0 bridgehead atoms. The van der Waals surface area contributed by atoms with Crippen molar-refractivity contribution in [1.82, 2.24) is 9.55 Å². The summed E-state index contributed by atoms with van der Waals surface area (Å²) in [6, 6.07) is -0.121. The second kappa shape index (κ2) is 6.34. The molecule has 1 aromatic heterocycles. The maximum atomic E-state index is 10.2. The summed E-state index contributed by atoms with van der Waals surface area (Å²) in [7, 11) is 1.95. The lowest BCUT2D eigenvalue weighted by atomic mass is 9.83. The van der Waals surface area contributed by atoms with E-state index in [0.717, 1.165) is 12.2 Å². The predicted octanol–water partition coefficient (Wildman–Crippen LogP) is 1.62. The van der Waals surface area contributed by atoms with Crippen LogP contribution in [-0.4, -0.2) is 26.8 Å². The molecular formula is C14H25N3O. The van der Waals surface area contributed by atoms with E-state index in [1.807, 2.05) is 17.8 Å². The maximum Gasteiger partial charge on any atom is 0.111 e. The Morgan fingerprint density at radius 1 is 1.44 bits per heavy atom. The molecule has 2 rings (SSSR count). The van der Waals surface area contributed by atoms with Crippen molar-refractivity contribution in [3.8, 4) is 0 Å². The molecule has 0 aromatic carbocycles. The van der Waals surface area contributed by atoms with Crippen molar-refractivity contribution in [2.75, 3.05) is 0 Å². The smallest absolute Gasteiger partial charge is 0.111 e. The predicted molar refractivity (Wildman–Crippen MR) is 72.1 cm³/mol. The Morgan fingerprint density at radius 2 is 2.17 bits per heavy atom. The number of aliphatic hydroxyl groups is 1. The lowest BCUT2D eigenvalue weighted by Crippen LogP contribution is -2.38. The van der Waals surface area contributed by atoms with E-state index in [1.54, 1.807) is 6.20 Å². The molecule has 4 heteroatoms. The van der Waals surface area contributed by atoms with Crippen molar-refractivity contribution in [3.63, 3.8) is 0 Å². The molecule has 1 heterocycles. The van der Waals surface area contributed by atoms with Crippen molar-refractivity contribution in [3.05, 3.63) is 18.2 Å². The molecule has 4 nitrogen and oxygen atoms in total. The van der Waals surface area contributed by atoms with Crippen LogP contribution in [0.5, 0.6) is 0 Å². The average Bonchev–Trinajstić information content (AvgIpc) is 2.76. The summed E-state index contributed by atoms with van der Waals surface area (Å²) >= 11 is 0. The van der Waals surface area contributed by atoms with E-state index < -0.39 is 6.10 Å². The molecule has 3 N–H and O–H groups in total. The maximum absolute atomic E-state index is 10.2. The quantitative estimate of drug-likeness (QED) is 0.836. The average molecular weight is 251 g/mol. The molecule has 0 saturated heterocycles. The highest BCUT2D eigenvalue weighted by molar-refractivity contribution is 4.95. The number of imidazole rings is 1. The van der Waals surface area contributed by atoms with Gasteiger partial charge < -0.3 is 15.4 Å². The normalized spacial score (nSPS) is 20.8. The van der Waals surface area contributed by atoms with Gasteiger partial charge in [-0.3, -0.25) is 0 Å². The lowest BCUT2D eigenvalue weighted by molar-refractivity contribution is 0.124. The molecule has 1 fully saturated rings. The standard InChI is InChI=1S/C14H25N3O/c1-17-8-7-16-14(17)10-13(18)12(15)9-11-5-3-2-4-6-11/h7-8,11-13,18H,2-6,9-10,15H2,1H3/t12-,13+/m0/s1. The van der Waals surface area contributed by atoms with E-state index in [0.29, 0.717) is 12.3 Å². The molecule has 2 atom stereocenters. The summed E-state index contributed by atoms with van der Waals surface area (Å²) in [6.07, 6.45) is 11.3. The molecule has 0 spiro atoms. The summed E-state index contributed by atoms with van der Waals surface area (Å²) in [5, 5.41) is 10.2. The van der Waals surface area contributed by atoms with E-state index in [1.165, 1.54) is 32.1 Å². The van der Waals surface area contributed by atoms with Crippen LogP contribution in [-0.2, 0) is 13.5 Å². The summed E-state index contributed by atoms with van der Waals surface area (Å²) in [5.41, 5.74) is 6.13. The number of rotatable bonds is 5. The number of aliphatic hydroxyl groups excluding tert-OH is 1. The van der Waals surface area contributed by atoms with Crippen LogP contribution in [0.15, 0.2) is 12.4 Å². The molecule has 1 aliphatic carbocycles. The zero-order valence-corrected chi connectivity index (χ0v) is 11.3. The Bertz CT molecular complexity index is 358. The van der Waals surface area contributed by atoms with Crippen molar-refractivity contribution in [1.29, 1.82) is 0 Å². The third-order valence-electron chi connectivity index (χ3n) is 4.14. The van der Waals surface area contributed by atoms with Gasteiger partial charge >= 0.3 is 0 Å². The van der Waals surface area contributed by atoms with Gasteiger partial charge in [-0.15, -0.1) is 0 Å². The fourth-order valence-corrected chi connectivity index (χ4v) is 2.90. The number of nitrogens with two attached hydrogens (primary N) is 1. The van der Waals surface area contributed by atoms with Crippen molar-refractivity contribution in [2.24, 2.45) is 18.7 Å². The summed E-state index contributed by atoms with van der Waals surface area (Å²) in [4.78, 5) is 4.23. The molecule has 102 valence electrons. The van der Waals surface area contributed by atoms with Crippen molar-refractivity contribution in [2.45, 2.75) is 57.1 Å². The molecule has 1 aliphatic rings. The van der Waals surface area contributed by atoms with Gasteiger partial charge in [0, 0.05) is 31.9 Å². The molecule has 0 radical (unpaired) electrons. The fourth-order valence-electron chi connectivity index (χ4n) is 2.90. The number of nitrogens with zero attached hydrogens (tertiary/aromatic N) is 2. The largest absolute Gasteiger partial charge is 0.391 e. The van der Waals surface area contributed by atoms with Crippen LogP contribution in [0.1, 0.15) is 44.3 Å². The summed E-state index contributed by atoms with van der Waals surface area (Å²) < 4.78 is 1.94. The van der Waals surface area contributed by atoms with Crippen LogP contribution in [0.3, 0.4) is 0 Å². The highest BCUT2D eigenvalue weighted by atomic mass is 16.3. The molecule has 18 heavy (non-hydrogen) atoms. The Hall–Kier alpha value is -0.870. The zero-order valence-electron chi connectivity index (χ0n) is 11.3. The second-order valence-corrected chi connectivity index (χ2v) is 5.63.